The van der Waals surface area contributed by atoms with E-state index in [9.17, 15) is 13.2 Å². The summed E-state index contributed by atoms with van der Waals surface area (Å²) in [6.45, 7) is 9.40. The van der Waals surface area contributed by atoms with Crippen molar-refractivity contribution in [2.75, 3.05) is 24.2 Å². The van der Waals surface area contributed by atoms with Gasteiger partial charge in [-0.25, -0.2) is 8.42 Å². The summed E-state index contributed by atoms with van der Waals surface area (Å²) in [5.41, 5.74) is 0.619. The number of benzene rings is 1. The van der Waals surface area contributed by atoms with Gasteiger partial charge in [0, 0.05) is 18.8 Å². The highest BCUT2D eigenvalue weighted by atomic mass is 32.2. The molecular formula is C18H28N2O3S2. The first kappa shape index (κ1) is 20.3. The van der Waals surface area contributed by atoms with Gasteiger partial charge in [-0.2, -0.15) is 4.31 Å². The zero-order valence-corrected chi connectivity index (χ0v) is 17.0. The number of sulfonamides is 1. The van der Waals surface area contributed by atoms with Gasteiger partial charge in [-0.3, -0.25) is 4.79 Å². The Kier molecular flexibility index (Phi) is 6.93. The molecule has 1 saturated heterocycles. The van der Waals surface area contributed by atoms with Crippen molar-refractivity contribution in [2.45, 2.75) is 44.3 Å². The molecule has 0 aromatic heterocycles. The van der Waals surface area contributed by atoms with Crippen LogP contribution in [0.5, 0.6) is 0 Å². The Hall–Kier alpha value is -1.05. The predicted molar refractivity (Wildman–Crippen MR) is 104 cm³/mol. The molecule has 2 rings (SSSR count). The van der Waals surface area contributed by atoms with Crippen LogP contribution < -0.4 is 5.32 Å². The number of anilines is 1. The number of hydrogen-bond acceptors (Lipinski definition) is 4. The van der Waals surface area contributed by atoms with E-state index in [0.29, 0.717) is 41.6 Å². The Bertz CT molecular complexity index is 677. The Morgan fingerprint density at radius 3 is 2.28 bits per heavy atom. The van der Waals surface area contributed by atoms with Gasteiger partial charge in [0.2, 0.25) is 15.9 Å². The lowest BCUT2D eigenvalue weighted by Gasteiger charge is -2.34. The van der Waals surface area contributed by atoms with Gasteiger partial charge < -0.3 is 5.32 Å². The van der Waals surface area contributed by atoms with E-state index in [1.165, 1.54) is 0 Å². The maximum Gasteiger partial charge on any atom is 0.243 e. The summed E-state index contributed by atoms with van der Waals surface area (Å²) in [6, 6.07) is 6.46. The summed E-state index contributed by atoms with van der Waals surface area (Å²) in [6.07, 6.45) is 1.06. The van der Waals surface area contributed by atoms with Crippen LogP contribution >= 0.6 is 11.8 Å². The average Bonchev–Trinajstić information content (AvgIpc) is 2.52. The second-order valence-corrected chi connectivity index (χ2v) is 10.7. The summed E-state index contributed by atoms with van der Waals surface area (Å²) >= 11 is 1.57. The van der Waals surface area contributed by atoms with E-state index in [-0.39, 0.29) is 10.8 Å². The molecule has 0 spiro atoms. The van der Waals surface area contributed by atoms with Crippen molar-refractivity contribution in [2.24, 2.45) is 11.8 Å². The third-order valence-electron chi connectivity index (χ3n) is 4.16. The van der Waals surface area contributed by atoms with Gasteiger partial charge in [0.1, 0.15) is 0 Å². The Balaban J connectivity index is 2.04. The number of rotatable bonds is 6. The molecule has 1 aliphatic heterocycles. The highest BCUT2D eigenvalue weighted by Crippen LogP contribution is 2.27. The maximum absolute atomic E-state index is 12.8. The molecule has 5 nitrogen and oxygen atoms in total. The van der Waals surface area contributed by atoms with Crippen LogP contribution in [0, 0.1) is 11.8 Å². The molecule has 1 aromatic carbocycles. The number of carbonyl (C=O) groups excluding carboxylic acids is 1. The average molecular weight is 385 g/mol. The van der Waals surface area contributed by atoms with Gasteiger partial charge in [0.05, 0.1) is 10.6 Å². The Labute approximate surface area is 155 Å². The normalized spacial score (nSPS) is 22.1. The molecule has 1 aromatic rings. The molecule has 140 valence electrons. The van der Waals surface area contributed by atoms with Crippen molar-refractivity contribution in [1.29, 1.82) is 0 Å². The molecule has 0 saturated carbocycles. The van der Waals surface area contributed by atoms with Crippen LogP contribution in [0.2, 0.25) is 0 Å². The zero-order chi connectivity index (χ0) is 18.6. The van der Waals surface area contributed by atoms with Crippen molar-refractivity contribution < 1.29 is 13.2 Å². The molecule has 1 heterocycles. The van der Waals surface area contributed by atoms with Crippen LogP contribution in [0.3, 0.4) is 0 Å². The minimum Gasteiger partial charge on any atom is -0.325 e. The van der Waals surface area contributed by atoms with Crippen LogP contribution in [-0.4, -0.2) is 42.7 Å². The number of carbonyl (C=O) groups is 1. The predicted octanol–water partition coefficient (Wildman–Crippen LogP) is 3.43. The van der Waals surface area contributed by atoms with Crippen molar-refractivity contribution in [1.82, 2.24) is 4.31 Å². The zero-order valence-electron chi connectivity index (χ0n) is 15.4. The topological polar surface area (TPSA) is 66.5 Å². The fourth-order valence-electron chi connectivity index (χ4n) is 3.10. The van der Waals surface area contributed by atoms with Crippen LogP contribution in [0.4, 0.5) is 5.69 Å². The van der Waals surface area contributed by atoms with Gasteiger partial charge in [-0.05, 0) is 47.8 Å². The molecule has 1 N–H and O–H groups in total. The van der Waals surface area contributed by atoms with Crippen molar-refractivity contribution in [3.8, 4) is 0 Å². The summed E-state index contributed by atoms with van der Waals surface area (Å²) in [5.74, 6) is 1.06. The number of amides is 1. The van der Waals surface area contributed by atoms with Gasteiger partial charge in [-0.1, -0.05) is 27.7 Å². The smallest absolute Gasteiger partial charge is 0.243 e. The molecule has 0 radical (unpaired) electrons. The Morgan fingerprint density at radius 1 is 1.20 bits per heavy atom. The summed E-state index contributed by atoms with van der Waals surface area (Å²) in [7, 11) is -3.48. The molecule has 1 amide bonds. The molecule has 1 aliphatic rings. The molecule has 2 atom stereocenters. The number of piperidine rings is 1. The molecule has 1 fully saturated rings. The molecule has 25 heavy (non-hydrogen) atoms. The highest BCUT2D eigenvalue weighted by molar-refractivity contribution is 8.00. The standard InChI is InChI=1S/C18H28N2O3S2/c1-13(2)24-12-18(21)19-16-5-7-17(8-6-16)25(22,23)20-10-14(3)9-15(4)11-20/h5-8,13-15H,9-12H2,1-4H3,(H,19,21). The molecule has 7 heteroatoms. The first-order valence-corrected chi connectivity index (χ1v) is 11.2. The fourth-order valence-corrected chi connectivity index (χ4v) is 5.34. The molecule has 0 aliphatic carbocycles. The van der Waals surface area contributed by atoms with E-state index in [2.05, 4.69) is 19.2 Å². The largest absolute Gasteiger partial charge is 0.325 e. The lowest BCUT2D eigenvalue weighted by molar-refractivity contribution is -0.113. The number of nitrogens with zero attached hydrogens (tertiary/aromatic N) is 1. The third-order valence-corrected chi connectivity index (χ3v) is 7.10. The van der Waals surface area contributed by atoms with Crippen LogP contribution in [0.15, 0.2) is 29.2 Å². The second-order valence-electron chi connectivity index (χ2n) is 7.20. The lowest BCUT2D eigenvalue weighted by atomic mass is 9.94. The third kappa shape index (κ3) is 5.72. The number of nitrogens with one attached hydrogen (secondary N) is 1. The van der Waals surface area contributed by atoms with Gasteiger partial charge in [0.25, 0.3) is 0 Å². The van der Waals surface area contributed by atoms with Crippen molar-refractivity contribution in [3.63, 3.8) is 0 Å². The van der Waals surface area contributed by atoms with E-state index in [1.54, 1.807) is 40.3 Å². The van der Waals surface area contributed by atoms with E-state index < -0.39 is 10.0 Å². The fraction of sp³-hybridized carbons (Fsp3) is 0.611. The quantitative estimate of drug-likeness (QED) is 0.816. The molecular weight excluding hydrogens is 356 g/mol. The van der Waals surface area contributed by atoms with Gasteiger partial charge >= 0.3 is 0 Å². The summed E-state index contributed by atoms with van der Waals surface area (Å²) < 4.78 is 27.2. The minimum absolute atomic E-state index is 0.0759. The Morgan fingerprint density at radius 2 is 1.76 bits per heavy atom. The number of thioether (sulfide) groups is 1. The minimum atomic E-state index is -3.48. The van der Waals surface area contributed by atoms with E-state index in [0.717, 1.165) is 6.42 Å². The van der Waals surface area contributed by atoms with E-state index in [4.69, 9.17) is 0 Å². The van der Waals surface area contributed by atoms with Crippen LogP contribution in [0.25, 0.3) is 0 Å². The monoisotopic (exact) mass is 384 g/mol. The maximum atomic E-state index is 12.8. The number of hydrogen-bond donors (Lipinski definition) is 1. The van der Waals surface area contributed by atoms with Gasteiger partial charge in [0.15, 0.2) is 0 Å². The SMILES string of the molecule is CC1CC(C)CN(S(=O)(=O)c2ccc(NC(=O)CSC(C)C)cc2)C1. The highest BCUT2D eigenvalue weighted by Gasteiger charge is 2.31. The molecule has 2 unspecified atom stereocenters. The van der Waals surface area contributed by atoms with Crippen LogP contribution in [-0.2, 0) is 14.8 Å². The summed E-state index contributed by atoms with van der Waals surface area (Å²) in [5, 5.41) is 3.20. The van der Waals surface area contributed by atoms with Gasteiger partial charge in [-0.15, -0.1) is 11.8 Å². The first-order chi connectivity index (χ1) is 11.7. The second kappa shape index (κ2) is 8.56. The van der Waals surface area contributed by atoms with Crippen LogP contribution in [0.1, 0.15) is 34.1 Å². The lowest BCUT2D eigenvalue weighted by Crippen LogP contribution is -2.42. The molecule has 0 bridgehead atoms. The van der Waals surface area contributed by atoms with Crippen molar-refractivity contribution >= 4 is 33.4 Å². The van der Waals surface area contributed by atoms with Crippen molar-refractivity contribution in [3.05, 3.63) is 24.3 Å². The van der Waals surface area contributed by atoms with E-state index in [1.807, 2.05) is 13.8 Å². The summed E-state index contributed by atoms with van der Waals surface area (Å²) in [4.78, 5) is 12.1. The van der Waals surface area contributed by atoms with E-state index >= 15 is 0 Å². The first-order valence-electron chi connectivity index (χ1n) is 8.70.